The van der Waals surface area contributed by atoms with Crippen molar-refractivity contribution in [3.63, 3.8) is 0 Å². The first-order valence-electron chi connectivity index (χ1n) is 10.8. The highest BCUT2D eigenvalue weighted by Crippen LogP contribution is 2.44. The fraction of sp³-hybridized carbons (Fsp3) is 0.120. The van der Waals surface area contributed by atoms with Crippen LogP contribution in [0.15, 0.2) is 83.4 Å². The predicted octanol–water partition coefficient (Wildman–Crippen LogP) is 6.20. The third kappa shape index (κ3) is 4.92. The molecular formula is C25H20Cl2N4O3S2. The lowest BCUT2D eigenvalue weighted by atomic mass is 10.0. The Bertz CT molecular complexity index is 1530. The van der Waals surface area contributed by atoms with Gasteiger partial charge in [-0.05, 0) is 72.9 Å². The minimum atomic E-state index is -3.39. The van der Waals surface area contributed by atoms with E-state index in [1.807, 2.05) is 47.4 Å². The lowest BCUT2D eigenvalue weighted by Gasteiger charge is -2.26. The summed E-state index contributed by atoms with van der Waals surface area (Å²) in [5.41, 5.74) is 2.68. The van der Waals surface area contributed by atoms with Crippen LogP contribution in [0.2, 0.25) is 10.0 Å². The zero-order valence-corrected chi connectivity index (χ0v) is 22.0. The average molecular weight is 560 g/mol. The number of sulfonamides is 1. The molecule has 0 aliphatic carbocycles. The molecule has 11 heteroatoms. The number of thiocarbonyl (C=S) groups is 1. The maximum atomic E-state index is 11.6. The quantitative estimate of drug-likeness (QED) is 0.272. The Hall–Kier alpha value is -3.11. The number of furan rings is 1. The van der Waals surface area contributed by atoms with Crippen molar-refractivity contribution in [1.82, 2.24) is 10.3 Å². The second kappa shape index (κ2) is 9.74. The van der Waals surface area contributed by atoms with E-state index in [9.17, 15) is 8.42 Å². The molecule has 3 heterocycles. The number of anilines is 2. The zero-order valence-electron chi connectivity index (χ0n) is 18.9. The standard InChI is InChI=1S/C25H20Cl2N4O3S2/c1-36(32,33)30-15-8-10-16(11-9-15)31-24(23(29-25(31)35)19-7-2-3-14-28-19)21-13-12-20(34-21)17-5-4-6-18(26)22(17)27/h2-14,23-24,30H,1H3,(H,29,35)/t23-,24+/m0/s1. The van der Waals surface area contributed by atoms with E-state index in [2.05, 4.69) is 15.0 Å². The summed E-state index contributed by atoms with van der Waals surface area (Å²) in [5, 5.41) is 4.70. The van der Waals surface area contributed by atoms with E-state index in [-0.39, 0.29) is 12.1 Å². The normalized spacial score (nSPS) is 17.8. The third-order valence-electron chi connectivity index (χ3n) is 5.68. The van der Waals surface area contributed by atoms with Gasteiger partial charge < -0.3 is 14.6 Å². The van der Waals surface area contributed by atoms with Gasteiger partial charge in [-0.2, -0.15) is 0 Å². The molecule has 1 aliphatic heterocycles. The number of pyridine rings is 1. The highest BCUT2D eigenvalue weighted by Gasteiger charge is 2.42. The largest absolute Gasteiger partial charge is 0.459 e. The SMILES string of the molecule is CS(=O)(=O)Nc1ccc(N2C(=S)N[C@@H](c3ccccn3)[C@H]2c2ccc(-c3cccc(Cl)c3Cl)o2)cc1. The highest BCUT2D eigenvalue weighted by atomic mass is 35.5. The van der Waals surface area contributed by atoms with Crippen LogP contribution in [-0.2, 0) is 10.0 Å². The van der Waals surface area contributed by atoms with Crippen molar-refractivity contribution in [1.29, 1.82) is 0 Å². The highest BCUT2D eigenvalue weighted by molar-refractivity contribution is 7.92. The number of hydrogen-bond donors (Lipinski definition) is 2. The van der Waals surface area contributed by atoms with Crippen LogP contribution in [0, 0.1) is 0 Å². The molecule has 184 valence electrons. The Kier molecular flexibility index (Phi) is 6.65. The minimum Gasteiger partial charge on any atom is -0.459 e. The summed E-state index contributed by atoms with van der Waals surface area (Å²) in [6.07, 6.45) is 2.83. The molecule has 1 saturated heterocycles. The summed E-state index contributed by atoms with van der Waals surface area (Å²) in [5.74, 6) is 1.21. The van der Waals surface area contributed by atoms with Gasteiger partial charge in [-0.15, -0.1) is 0 Å². The molecule has 7 nitrogen and oxygen atoms in total. The van der Waals surface area contributed by atoms with Crippen LogP contribution in [0.1, 0.15) is 23.5 Å². The number of aromatic nitrogens is 1. The summed E-state index contributed by atoms with van der Waals surface area (Å²) in [6, 6.07) is 21.1. The Morgan fingerprint density at radius 1 is 1.03 bits per heavy atom. The lowest BCUT2D eigenvalue weighted by molar-refractivity contribution is 0.439. The van der Waals surface area contributed by atoms with E-state index < -0.39 is 10.0 Å². The van der Waals surface area contributed by atoms with E-state index in [1.165, 1.54) is 0 Å². The smallest absolute Gasteiger partial charge is 0.229 e. The van der Waals surface area contributed by atoms with Crippen molar-refractivity contribution >= 4 is 61.9 Å². The molecule has 36 heavy (non-hydrogen) atoms. The van der Waals surface area contributed by atoms with Crippen LogP contribution >= 0.6 is 35.4 Å². The molecule has 2 aromatic heterocycles. The number of hydrogen-bond acceptors (Lipinski definition) is 5. The van der Waals surface area contributed by atoms with Crippen LogP contribution in [0.3, 0.4) is 0 Å². The summed E-state index contributed by atoms with van der Waals surface area (Å²) in [7, 11) is -3.39. The van der Waals surface area contributed by atoms with Crippen molar-refractivity contribution in [2.24, 2.45) is 0 Å². The van der Waals surface area contributed by atoms with Crippen molar-refractivity contribution in [2.75, 3.05) is 15.9 Å². The van der Waals surface area contributed by atoms with Gasteiger partial charge in [0.1, 0.15) is 17.6 Å². The molecule has 1 aliphatic rings. The van der Waals surface area contributed by atoms with Gasteiger partial charge in [0.2, 0.25) is 10.0 Å². The first-order valence-corrected chi connectivity index (χ1v) is 13.9. The third-order valence-corrected chi connectivity index (χ3v) is 7.42. The van der Waals surface area contributed by atoms with Gasteiger partial charge in [-0.3, -0.25) is 9.71 Å². The first-order chi connectivity index (χ1) is 17.2. The number of nitrogens with zero attached hydrogens (tertiary/aromatic N) is 2. The number of halogens is 2. The molecule has 0 radical (unpaired) electrons. The van der Waals surface area contributed by atoms with Crippen molar-refractivity contribution in [2.45, 2.75) is 12.1 Å². The fourth-order valence-electron chi connectivity index (χ4n) is 4.18. The van der Waals surface area contributed by atoms with Crippen LogP contribution < -0.4 is 14.9 Å². The fourth-order valence-corrected chi connectivity index (χ4v) is 5.48. The molecule has 5 rings (SSSR count). The molecule has 2 atom stereocenters. The van der Waals surface area contributed by atoms with Crippen molar-refractivity contribution in [3.8, 4) is 11.3 Å². The van der Waals surface area contributed by atoms with E-state index >= 15 is 0 Å². The summed E-state index contributed by atoms with van der Waals surface area (Å²) in [6.45, 7) is 0. The maximum absolute atomic E-state index is 11.6. The van der Waals surface area contributed by atoms with Gasteiger partial charge in [-0.25, -0.2) is 8.42 Å². The topological polar surface area (TPSA) is 87.5 Å². The number of rotatable bonds is 6. The second-order valence-corrected chi connectivity index (χ2v) is 11.1. The van der Waals surface area contributed by atoms with Crippen LogP contribution in [0.25, 0.3) is 11.3 Å². The molecule has 0 bridgehead atoms. The predicted molar refractivity (Wildman–Crippen MR) is 147 cm³/mol. The molecule has 2 N–H and O–H groups in total. The van der Waals surface area contributed by atoms with Gasteiger partial charge in [0.15, 0.2) is 5.11 Å². The monoisotopic (exact) mass is 558 g/mol. The van der Waals surface area contributed by atoms with Crippen LogP contribution in [0.5, 0.6) is 0 Å². The van der Waals surface area contributed by atoms with Crippen LogP contribution in [0.4, 0.5) is 11.4 Å². The summed E-state index contributed by atoms with van der Waals surface area (Å²) < 4.78 is 32.0. The molecule has 1 fully saturated rings. The lowest BCUT2D eigenvalue weighted by Crippen LogP contribution is -2.29. The van der Waals surface area contributed by atoms with Crippen LogP contribution in [-0.4, -0.2) is 24.8 Å². The van der Waals surface area contributed by atoms with Gasteiger partial charge in [0.25, 0.3) is 0 Å². The van der Waals surface area contributed by atoms with Crippen molar-refractivity contribution in [3.05, 3.63) is 100 Å². The summed E-state index contributed by atoms with van der Waals surface area (Å²) >= 11 is 18.4. The average Bonchev–Trinajstić information content (AvgIpc) is 3.45. The molecule has 0 saturated carbocycles. The summed E-state index contributed by atoms with van der Waals surface area (Å²) in [4.78, 5) is 6.47. The van der Waals surface area contributed by atoms with Gasteiger partial charge in [-0.1, -0.05) is 35.3 Å². The first kappa shape index (κ1) is 24.6. The number of nitrogens with one attached hydrogen (secondary N) is 2. The molecule has 0 unspecified atom stereocenters. The zero-order chi connectivity index (χ0) is 25.4. The Labute approximate surface area is 224 Å². The van der Waals surface area contributed by atoms with E-state index in [0.29, 0.717) is 37.9 Å². The molecule has 0 spiro atoms. The van der Waals surface area contributed by atoms with E-state index in [4.69, 9.17) is 39.8 Å². The Balaban J connectivity index is 1.57. The van der Waals surface area contributed by atoms with E-state index in [1.54, 1.807) is 36.5 Å². The second-order valence-electron chi connectivity index (χ2n) is 8.22. The minimum absolute atomic E-state index is 0.304. The van der Waals surface area contributed by atoms with Gasteiger partial charge in [0.05, 0.1) is 28.0 Å². The molecule has 2 aromatic carbocycles. The Morgan fingerprint density at radius 3 is 2.50 bits per heavy atom. The molecule has 4 aromatic rings. The van der Waals surface area contributed by atoms with E-state index in [0.717, 1.165) is 17.6 Å². The molecule has 0 amide bonds. The van der Waals surface area contributed by atoms with Gasteiger partial charge in [0, 0.05) is 23.1 Å². The maximum Gasteiger partial charge on any atom is 0.229 e. The molecular weight excluding hydrogens is 539 g/mol. The van der Waals surface area contributed by atoms with Crippen molar-refractivity contribution < 1.29 is 12.8 Å². The Morgan fingerprint density at radius 2 is 1.81 bits per heavy atom. The van der Waals surface area contributed by atoms with Gasteiger partial charge >= 0.3 is 0 Å². The number of benzene rings is 2.